The number of hydrogen-bond acceptors (Lipinski definition) is 1. The van der Waals surface area contributed by atoms with Crippen LogP contribution in [0.5, 0.6) is 0 Å². The molecule has 0 aromatic rings. The molecule has 0 aromatic carbocycles. The molecule has 0 aliphatic rings. The van der Waals surface area contributed by atoms with Crippen LogP contribution in [0.15, 0.2) is 11.8 Å². The maximum Gasteiger partial charge on any atom is 0.0224 e. The van der Waals surface area contributed by atoms with Crippen LogP contribution in [-0.2, 0) is 0 Å². The van der Waals surface area contributed by atoms with Gasteiger partial charge in [0.25, 0.3) is 0 Å². The van der Waals surface area contributed by atoms with E-state index in [0.717, 1.165) is 0 Å². The van der Waals surface area contributed by atoms with Crippen LogP contribution in [0.4, 0.5) is 0 Å². The van der Waals surface area contributed by atoms with Crippen molar-refractivity contribution in [2.24, 2.45) is 0 Å². The van der Waals surface area contributed by atoms with E-state index >= 15 is 0 Å². The molecule has 0 saturated carbocycles. The van der Waals surface area contributed by atoms with E-state index < -0.39 is 0 Å². The Morgan fingerprint density at radius 2 is 1.73 bits per heavy atom. The summed E-state index contributed by atoms with van der Waals surface area (Å²) in [5.74, 6) is 0. The van der Waals surface area contributed by atoms with Crippen LogP contribution in [0.3, 0.4) is 0 Å². The second-order valence-electron chi connectivity index (χ2n) is 3.25. The van der Waals surface area contributed by atoms with Gasteiger partial charge in [0, 0.05) is 13.1 Å². The molecular weight excluding hydrogens is 134 g/mol. The zero-order chi connectivity index (χ0) is 8.85. The predicted octanol–water partition coefficient (Wildman–Crippen LogP) is 3.03. The summed E-state index contributed by atoms with van der Waals surface area (Å²) in [5.41, 5.74) is 1.53. The molecular formula is C10H21N. The van der Waals surface area contributed by atoms with Crippen molar-refractivity contribution in [3.8, 4) is 0 Å². The molecule has 1 nitrogen and oxygen atoms in total. The van der Waals surface area contributed by atoms with Crippen molar-refractivity contribution in [1.82, 2.24) is 4.90 Å². The number of rotatable bonds is 4. The fourth-order valence-corrected chi connectivity index (χ4v) is 0.870. The SMILES string of the molecule is CCC(=CN(C)C(C)C)CC. The molecule has 0 N–H and O–H groups in total. The number of hydrogen-bond donors (Lipinski definition) is 0. The highest BCUT2D eigenvalue weighted by molar-refractivity contribution is 4.99. The molecule has 0 aliphatic carbocycles. The van der Waals surface area contributed by atoms with Crippen molar-refractivity contribution in [3.05, 3.63) is 11.8 Å². The summed E-state index contributed by atoms with van der Waals surface area (Å²) in [7, 11) is 2.13. The monoisotopic (exact) mass is 155 g/mol. The maximum atomic E-state index is 2.27. The van der Waals surface area contributed by atoms with Crippen molar-refractivity contribution in [1.29, 1.82) is 0 Å². The van der Waals surface area contributed by atoms with Gasteiger partial charge >= 0.3 is 0 Å². The highest BCUT2D eigenvalue weighted by atomic mass is 15.1. The van der Waals surface area contributed by atoms with E-state index in [1.165, 1.54) is 18.4 Å². The molecule has 0 unspecified atom stereocenters. The Morgan fingerprint density at radius 3 is 2.00 bits per heavy atom. The van der Waals surface area contributed by atoms with Gasteiger partial charge in [-0.3, -0.25) is 0 Å². The van der Waals surface area contributed by atoms with Crippen molar-refractivity contribution in [2.45, 2.75) is 46.6 Å². The second-order valence-corrected chi connectivity index (χ2v) is 3.25. The Kier molecular flexibility index (Phi) is 5.01. The Hall–Kier alpha value is -0.460. The minimum Gasteiger partial charge on any atom is -0.378 e. The van der Waals surface area contributed by atoms with E-state index in [9.17, 15) is 0 Å². The van der Waals surface area contributed by atoms with Gasteiger partial charge < -0.3 is 4.90 Å². The molecule has 0 amide bonds. The van der Waals surface area contributed by atoms with Gasteiger partial charge in [-0.25, -0.2) is 0 Å². The third kappa shape index (κ3) is 4.07. The first kappa shape index (κ1) is 10.5. The van der Waals surface area contributed by atoms with Gasteiger partial charge in [0.15, 0.2) is 0 Å². The lowest BCUT2D eigenvalue weighted by Gasteiger charge is -2.20. The smallest absolute Gasteiger partial charge is 0.0224 e. The van der Waals surface area contributed by atoms with E-state index in [4.69, 9.17) is 0 Å². The Balaban J connectivity index is 4.03. The summed E-state index contributed by atoms with van der Waals surface area (Å²) in [5, 5.41) is 0. The summed E-state index contributed by atoms with van der Waals surface area (Å²) < 4.78 is 0. The van der Waals surface area contributed by atoms with Crippen LogP contribution in [0.2, 0.25) is 0 Å². The van der Waals surface area contributed by atoms with Crippen molar-refractivity contribution < 1.29 is 0 Å². The van der Waals surface area contributed by atoms with Crippen LogP contribution in [0, 0.1) is 0 Å². The Bertz CT molecular complexity index is 119. The van der Waals surface area contributed by atoms with Crippen LogP contribution in [0.1, 0.15) is 40.5 Å². The highest BCUT2D eigenvalue weighted by Crippen LogP contribution is 2.07. The molecule has 0 bridgehead atoms. The van der Waals surface area contributed by atoms with Crippen LogP contribution >= 0.6 is 0 Å². The minimum absolute atomic E-state index is 0.614. The van der Waals surface area contributed by atoms with Gasteiger partial charge in [0.05, 0.1) is 0 Å². The lowest BCUT2D eigenvalue weighted by molar-refractivity contribution is 0.371. The summed E-state index contributed by atoms with van der Waals surface area (Å²) in [4.78, 5) is 2.27. The van der Waals surface area contributed by atoms with E-state index in [-0.39, 0.29) is 0 Å². The Labute approximate surface area is 71.1 Å². The molecule has 0 aliphatic heterocycles. The number of nitrogens with zero attached hydrogens (tertiary/aromatic N) is 1. The first-order chi connectivity index (χ1) is 5.11. The van der Waals surface area contributed by atoms with Crippen LogP contribution in [0.25, 0.3) is 0 Å². The molecule has 1 heteroatoms. The van der Waals surface area contributed by atoms with E-state index in [1.54, 1.807) is 0 Å². The lowest BCUT2D eigenvalue weighted by atomic mass is 10.1. The quantitative estimate of drug-likeness (QED) is 0.603. The highest BCUT2D eigenvalue weighted by Gasteiger charge is 1.98. The number of allylic oxidation sites excluding steroid dienone is 1. The van der Waals surface area contributed by atoms with Crippen molar-refractivity contribution >= 4 is 0 Å². The molecule has 0 saturated heterocycles. The molecule has 66 valence electrons. The zero-order valence-corrected chi connectivity index (χ0v) is 8.52. The van der Waals surface area contributed by atoms with Gasteiger partial charge in [-0.15, -0.1) is 0 Å². The van der Waals surface area contributed by atoms with E-state index in [0.29, 0.717) is 6.04 Å². The zero-order valence-electron chi connectivity index (χ0n) is 8.52. The summed E-state index contributed by atoms with van der Waals surface area (Å²) in [6.45, 7) is 8.84. The second kappa shape index (κ2) is 5.22. The van der Waals surface area contributed by atoms with Gasteiger partial charge in [-0.05, 0) is 32.9 Å². The minimum atomic E-state index is 0.614. The fourth-order valence-electron chi connectivity index (χ4n) is 0.870. The molecule has 0 fully saturated rings. The third-order valence-corrected chi connectivity index (χ3v) is 2.11. The first-order valence-electron chi connectivity index (χ1n) is 4.53. The first-order valence-corrected chi connectivity index (χ1v) is 4.53. The normalized spacial score (nSPS) is 10.0. The van der Waals surface area contributed by atoms with Crippen LogP contribution < -0.4 is 0 Å². The summed E-state index contributed by atoms with van der Waals surface area (Å²) >= 11 is 0. The molecule has 0 atom stereocenters. The standard InChI is InChI=1S/C10H21N/c1-6-10(7-2)8-11(5)9(3)4/h8-9H,6-7H2,1-5H3. The summed E-state index contributed by atoms with van der Waals surface area (Å²) in [6.07, 6.45) is 4.62. The van der Waals surface area contributed by atoms with Crippen LogP contribution in [-0.4, -0.2) is 18.0 Å². The van der Waals surface area contributed by atoms with Crippen molar-refractivity contribution in [3.63, 3.8) is 0 Å². The molecule has 0 heterocycles. The topological polar surface area (TPSA) is 3.24 Å². The molecule has 0 rings (SSSR count). The molecule has 0 aromatic heterocycles. The molecule has 0 radical (unpaired) electrons. The van der Waals surface area contributed by atoms with Gasteiger partial charge in [0.1, 0.15) is 0 Å². The molecule has 0 spiro atoms. The molecule has 11 heavy (non-hydrogen) atoms. The Morgan fingerprint density at radius 1 is 1.27 bits per heavy atom. The van der Waals surface area contributed by atoms with E-state index in [1.807, 2.05) is 0 Å². The average molecular weight is 155 g/mol. The predicted molar refractivity (Wildman–Crippen MR) is 51.6 cm³/mol. The average Bonchev–Trinajstić information content (AvgIpc) is 1.99. The summed E-state index contributed by atoms with van der Waals surface area (Å²) in [6, 6.07) is 0.614. The fraction of sp³-hybridized carbons (Fsp3) is 0.800. The van der Waals surface area contributed by atoms with Gasteiger partial charge in [0.2, 0.25) is 0 Å². The van der Waals surface area contributed by atoms with Gasteiger partial charge in [-0.1, -0.05) is 19.4 Å². The maximum absolute atomic E-state index is 2.27. The largest absolute Gasteiger partial charge is 0.378 e. The van der Waals surface area contributed by atoms with Crippen molar-refractivity contribution in [2.75, 3.05) is 7.05 Å². The van der Waals surface area contributed by atoms with E-state index in [2.05, 4.69) is 45.8 Å². The lowest BCUT2D eigenvalue weighted by Crippen LogP contribution is -2.20. The third-order valence-electron chi connectivity index (χ3n) is 2.11. The van der Waals surface area contributed by atoms with Gasteiger partial charge in [-0.2, -0.15) is 0 Å².